The number of nitrogens with zero attached hydrogens (tertiary/aromatic N) is 3. The molecule has 2 N–H and O–H groups in total. The van der Waals surface area contributed by atoms with Crippen LogP contribution in [0, 0.1) is 5.82 Å². The van der Waals surface area contributed by atoms with Crippen LogP contribution in [0.25, 0.3) is 0 Å². The summed E-state index contributed by atoms with van der Waals surface area (Å²) in [7, 11) is 0. The van der Waals surface area contributed by atoms with Gasteiger partial charge in [0, 0.05) is 18.3 Å². The molecule has 0 unspecified atom stereocenters. The monoisotopic (exact) mass is 427 g/mol. The van der Waals surface area contributed by atoms with Crippen molar-refractivity contribution in [3.05, 3.63) is 65.2 Å². The average Bonchev–Trinajstić information content (AvgIpc) is 2.65. The van der Waals surface area contributed by atoms with Crippen LogP contribution in [0.5, 0.6) is 5.75 Å². The number of anilines is 3. The van der Waals surface area contributed by atoms with E-state index >= 15 is 0 Å². The van der Waals surface area contributed by atoms with Gasteiger partial charge in [0.25, 0.3) is 0 Å². The molecule has 0 atom stereocenters. The number of nitrogens with one attached hydrogen (secondary N) is 2. The molecule has 29 heavy (non-hydrogen) atoms. The number of benzene rings is 2. The third-order valence-electron chi connectivity index (χ3n) is 3.46. The van der Waals surface area contributed by atoms with Gasteiger partial charge in [-0.3, -0.25) is 0 Å². The minimum Gasteiger partial charge on any atom is -0.484 e. The number of hydrogen-bond donors (Lipinski definition) is 2. The number of aromatic nitrogens is 3. The Kier molecular flexibility index (Phi) is 6.32. The number of hydrogen-bond acceptors (Lipinski definition) is 6. The standard InChI is InChI=1S/C18H14ClF4N5O/c19-15-26-16(24-9-11-4-6-12(20)7-5-11)28-17(27-15)25-13-2-1-3-14(8-13)29-10-18(21,22)23/h1-8H,9-10H2,(H2,24,25,26,27,28). The second-order valence-corrected chi connectivity index (χ2v) is 6.13. The molecule has 6 nitrogen and oxygen atoms in total. The van der Waals surface area contributed by atoms with Crippen LogP contribution in [0.15, 0.2) is 48.5 Å². The number of ether oxygens (including phenoxy) is 1. The minimum atomic E-state index is -4.43. The van der Waals surface area contributed by atoms with Gasteiger partial charge in [0.05, 0.1) is 0 Å². The Morgan fingerprint density at radius 2 is 1.69 bits per heavy atom. The van der Waals surface area contributed by atoms with Crippen molar-refractivity contribution >= 4 is 29.2 Å². The Hall–Kier alpha value is -3.14. The van der Waals surface area contributed by atoms with Crippen LogP contribution >= 0.6 is 11.6 Å². The lowest BCUT2D eigenvalue weighted by molar-refractivity contribution is -0.153. The van der Waals surface area contributed by atoms with Crippen LogP contribution in [0.4, 0.5) is 35.1 Å². The number of alkyl halides is 3. The molecule has 1 aromatic heterocycles. The van der Waals surface area contributed by atoms with Gasteiger partial charge in [-0.15, -0.1) is 0 Å². The third kappa shape index (κ3) is 6.75. The zero-order valence-corrected chi connectivity index (χ0v) is 15.4. The normalized spacial score (nSPS) is 11.2. The fourth-order valence-electron chi connectivity index (χ4n) is 2.23. The van der Waals surface area contributed by atoms with Crippen LogP contribution in [0.3, 0.4) is 0 Å². The summed E-state index contributed by atoms with van der Waals surface area (Å²) >= 11 is 5.91. The highest BCUT2D eigenvalue weighted by molar-refractivity contribution is 6.28. The minimum absolute atomic E-state index is 0.0298. The molecule has 152 valence electrons. The predicted molar refractivity (Wildman–Crippen MR) is 99.8 cm³/mol. The number of rotatable bonds is 7. The van der Waals surface area contributed by atoms with Gasteiger partial charge in [-0.05, 0) is 41.4 Å². The highest BCUT2D eigenvalue weighted by Gasteiger charge is 2.28. The first kappa shape index (κ1) is 20.6. The highest BCUT2D eigenvalue weighted by atomic mass is 35.5. The molecular formula is C18H14ClF4N5O. The topological polar surface area (TPSA) is 72.0 Å². The van der Waals surface area contributed by atoms with E-state index in [4.69, 9.17) is 16.3 Å². The van der Waals surface area contributed by atoms with Crippen molar-refractivity contribution in [2.45, 2.75) is 12.7 Å². The predicted octanol–water partition coefficient (Wildman–Crippen LogP) is 4.96. The summed E-state index contributed by atoms with van der Waals surface area (Å²) in [4.78, 5) is 12.0. The first-order valence-electron chi connectivity index (χ1n) is 8.23. The van der Waals surface area contributed by atoms with Crippen molar-refractivity contribution in [1.82, 2.24) is 15.0 Å². The molecule has 3 aromatic rings. The second kappa shape index (κ2) is 8.91. The molecule has 0 aliphatic carbocycles. The second-order valence-electron chi connectivity index (χ2n) is 5.79. The maximum absolute atomic E-state index is 13.0. The fourth-order valence-corrected chi connectivity index (χ4v) is 2.39. The van der Waals surface area contributed by atoms with Gasteiger partial charge in [0.2, 0.25) is 17.2 Å². The van der Waals surface area contributed by atoms with E-state index in [2.05, 4.69) is 25.6 Å². The number of halogens is 5. The van der Waals surface area contributed by atoms with E-state index in [0.717, 1.165) is 5.56 Å². The quantitative estimate of drug-likeness (QED) is 0.519. The Balaban J connectivity index is 1.67. The molecule has 2 aromatic carbocycles. The van der Waals surface area contributed by atoms with Crippen molar-refractivity contribution in [3.63, 3.8) is 0 Å². The van der Waals surface area contributed by atoms with Crippen molar-refractivity contribution in [2.75, 3.05) is 17.2 Å². The van der Waals surface area contributed by atoms with E-state index in [1.807, 2.05) is 0 Å². The Bertz CT molecular complexity index is 969. The molecule has 0 aliphatic rings. The van der Waals surface area contributed by atoms with E-state index in [-0.39, 0.29) is 28.7 Å². The zero-order valence-electron chi connectivity index (χ0n) is 14.7. The van der Waals surface area contributed by atoms with E-state index in [1.165, 1.54) is 30.3 Å². The molecule has 0 spiro atoms. The molecule has 0 aliphatic heterocycles. The van der Waals surface area contributed by atoms with Crippen LogP contribution < -0.4 is 15.4 Å². The Morgan fingerprint density at radius 1 is 0.966 bits per heavy atom. The fraction of sp³-hybridized carbons (Fsp3) is 0.167. The van der Waals surface area contributed by atoms with Crippen molar-refractivity contribution in [2.24, 2.45) is 0 Å². The lowest BCUT2D eigenvalue weighted by Gasteiger charge is -2.11. The maximum Gasteiger partial charge on any atom is 0.422 e. The summed E-state index contributed by atoms with van der Waals surface area (Å²) in [6, 6.07) is 11.8. The lowest BCUT2D eigenvalue weighted by Crippen LogP contribution is -2.19. The third-order valence-corrected chi connectivity index (χ3v) is 3.63. The van der Waals surface area contributed by atoms with E-state index in [9.17, 15) is 17.6 Å². The van der Waals surface area contributed by atoms with Crippen LogP contribution in [0.1, 0.15) is 5.56 Å². The van der Waals surface area contributed by atoms with E-state index in [0.29, 0.717) is 12.2 Å². The van der Waals surface area contributed by atoms with E-state index < -0.39 is 12.8 Å². The first-order chi connectivity index (χ1) is 13.8. The van der Waals surface area contributed by atoms with Crippen LogP contribution in [-0.2, 0) is 6.54 Å². The van der Waals surface area contributed by atoms with Crippen LogP contribution in [-0.4, -0.2) is 27.7 Å². The Labute approximate surface area is 167 Å². The zero-order chi connectivity index (χ0) is 20.9. The first-order valence-corrected chi connectivity index (χ1v) is 8.61. The molecule has 0 saturated heterocycles. The van der Waals surface area contributed by atoms with Gasteiger partial charge in [-0.1, -0.05) is 18.2 Å². The van der Waals surface area contributed by atoms with Gasteiger partial charge in [-0.25, -0.2) is 4.39 Å². The summed E-state index contributed by atoms with van der Waals surface area (Å²) in [5.41, 5.74) is 1.20. The summed E-state index contributed by atoms with van der Waals surface area (Å²) in [5.74, 6) is -0.0621. The molecule has 0 amide bonds. The van der Waals surface area contributed by atoms with Gasteiger partial charge < -0.3 is 15.4 Å². The Morgan fingerprint density at radius 3 is 2.41 bits per heavy atom. The molecule has 0 saturated carbocycles. The van der Waals surface area contributed by atoms with Gasteiger partial charge >= 0.3 is 6.18 Å². The van der Waals surface area contributed by atoms with Gasteiger partial charge in [-0.2, -0.15) is 28.1 Å². The molecular weight excluding hydrogens is 414 g/mol. The smallest absolute Gasteiger partial charge is 0.422 e. The highest BCUT2D eigenvalue weighted by Crippen LogP contribution is 2.23. The van der Waals surface area contributed by atoms with Crippen molar-refractivity contribution < 1.29 is 22.3 Å². The van der Waals surface area contributed by atoms with Gasteiger partial charge in [0.15, 0.2) is 6.61 Å². The largest absolute Gasteiger partial charge is 0.484 e. The maximum atomic E-state index is 13.0. The molecule has 0 radical (unpaired) electrons. The molecule has 0 bridgehead atoms. The summed E-state index contributed by atoms with van der Waals surface area (Å²) in [5, 5.41) is 5.68. The molecule has 11 heteroatoms. The van der Waals surface area contributed by atoms with Crippen LogP contribution in [0.2, 0.25) is 5.28 Å². The molecule has 1 heterocycles. The molecule has 3 rings (SSSR count). The van der Waals surface area contributed by atoms with Crippen molar-refractivity contribution in [3.8, 4) is 5.75 Å². The lowest BCUT2D eigenvalue weighted by atomic mass is 10.2. The van der Waals surface area contributed by atoms with Gasteiger partial charge in [0.1, 0.15) is 11.6 Å². The van der Waals surface area contributed by atoms with E-state index in [1.54, 1.807) is 18.2 Å². The average molecular weight is 428 g/mol. The summed E-state index contributed by atoms with van der Waals surface area (Å²) in [6.07, 6.45) is -4.43. The van der Waals surface area contributed by atoms with Crippen molar-refractivity contribution in [1.29, 1.82) is 0 Å². The summed E-state index contributed by atoms with van der Waals surface area (Å²) in [6.45, 7) is -1.08. The summed E-state index contributed by atoms with van der Waals surface area (Å²) < 4.78 is 54.5. The molecule has 0 fully saturated rings. The SMILES string of the molecule is Fc1ccc(CNc2nc(Cl)nc(Nc3cccc(OCC(F)(F)F)c3)n2)cc1.